The summed E-state index contributed by atoms with van der Waals surface area (Å²) in [4.78, 5) is 13.9. The van der Waals surface area contributed by atoms with Gasteiger partial charge in [0.15, 0.2) is 0 Å². The number of hydrogen-bond acceptors (Lipinski definition) is 3. The molecule has 28 heavy (non-hydrogen) atoms. The lowest BCUT2D eigenvalue weighted by Crippen LogP contribution is -2.39. The van der Waals surface area contributed by atoms with Crippen LogP contribution in [0, 0.1) is 0 Å². The van der Waals surface area contributed by atoms with E-state index in [2.05, 4.69) is 17.0 Å². The molecule has 0 spiro atoms. The zero-order valence-electron chi connectivity index (χ0n) is 15.6. The van der Waals surface area contributed by atoms with Gasteiger partial charge in [-0.3, -0.25) is 9.69 Å². The van der Waals surface area contributed by atoms with Crippen molar-refractivity contribution in [1.29, 1.82) is 0 Å². The number of para-hydroxylation sites is 1. The Labute approximate surface area is 165 Å². The van der Waals surface area contributed by atoms with Crippen LogP contribution in [0.1, 0.15) is 30.0 Å². The molecule has 2 atom stereocenters. The molecule has 1 aliphatic rings. The largest absolute Gasteiger partial charge is 0.480 e. The summed E-state index contributed by atoms with van der Waals surface area (Å²) in [6.45, 7) is 0.764. The van der Waals surface area contributed by atoms with Gasteiger partial charge in [0, 0.05) is 6.54 Å². The highest BCUT2D eigenvalue weighted by Gasteiger charge is 2.36. The van der Waals surface area contributed by atoms with Crippen LogP contribution in [0.3, 0.4) is 0 Å². The second-order valence-electron chi connectivity index (χ2n) is 7.03. The average Bonchev–Trinajstić information content (AvgIpc) is 3.20. The van der Waals surface area contributed by atoms with Gasteiger partial charge in [-0.25, -0.2) is 0 Å². The Morgan fingerprint density at radius 1 is 0.893 bits per heavy atom. The number of ether oxygens (including phenoxy) is 1. The van der Waals surface area contributed by atoms with Crippen molar-refractivity contribution in [2.45, 2.75) is 24.9 Å². The normalized spacial score (nSPS) is 17.9. The van der Waals surface area contributed by atoms with Crippen LogP contribution >= 0.6 is 0 Å². The summed E-state index contributed by atoms with van der Waals surface area (Å²) in [7, 11) is 0. The molecule has 2 unspecified atom stereocenters. The van der Waals surface area contributed by atoms with Crippen molar-refractivity contribution in [3.8, 4) is 11.5 Å². The first-order valence-electron chi connectivity index (χ1n) is 9.59. The van der Waals surface area contributed by atoms with Gasteiger partial charge in [-0.05, 0) is 48.2 Å². The SMILES string of the molecule is O=C(O)C1CCCN1C(c1ccccc1)c1cccc(Oc2ccccc2)c1. The van der Waals surface area contributed by atoms with Crippen LogP contribution in [0.2, 0.25) is 0 Å². The van der Waals surface area contributed by atoms with E-state index < -0.39 is 12.0 Å². The molecule has 1 fully saturated rings. The summed E-state index contributed by atoms with van der Waals surface area (Å²) >= 11 is 0. The lowest BCUT2D eigenvalue weighted by Gasteiger charge is -2.32. The molecular formula is C24H23NO3. The fourth-order valence-electron chi connectivity index (χ4n) is 3.95. The van der Waals surface area contributed by atoms with E-state index in [9.17, 15) is 9.90 Å². The van der Waals surface area contributed by atoms with Gasteiger partial charge in [-0.15, -0.1) is 0 Å². The minimum absolute atomic E-state index is 0.121. The van der Waals surface area contributed by atoms with Gasteiger partial charge in [-0.1, -0.05) is 60.7 Å². The Morgan fingerprint density at radius 3 is 2.25 bits per heavy atom. The molecule has 0 aliphatic carbocycles. The van der Waals surface area contributed by atoms with E-state index in [0.717, 1.165) is 35.6 Å². The number of benzene rings is 3. The zero-order chi connectivity index (χ0) is 19.3. The van der Waals surface area contributed by atoms with E-state index in [1.807, 2.05) is 72.8 Å². The van der Waals surface area contributed by atoms with E-state index in [0.29, 0.717) is 6.42 Å². The van der Waals surface area contributed by atoms with E-state index in [4.69, 9.17) is 4.74 Å². The van der Waals surface area contributed by atoms with Gasteiger partial charge in [0.1, 0.15) is 17.5 Å². The highest BCUT2D eigenvalue weighted by molar-refractivity contribution is 5.74. The predicted octanol–water partition coefficient (Wildman–Crippen LogP) is 5.12. The first-order chi connectivity index (χ1) is 13.7. The topological polar surface area (TPSA) is 49.8 Å². The van der Waals surface area contributed by atoms with Crippen LogP contribution in [-0.4, -0.2) is 28.6 Å². The van der Waals surface area contributed by atoms with Crippen molar-refractivity contribution in [2.75, 3.05) is 6.54 Å². The number of carboxylic acids is 1. The van der Waals surface area contributed by atoms with Crippen molar-refractivity contribution in [3.05, 3.63) is 96.1 Å². The summed E-state index contributed by atoms with van der Waals surface area (Å²) in [5.41, 5.74) is 2.13. The maximum Gasteiger partial charge on any atom is 0.320 e. The first-order valence-corrected chi connectivity index (χ1v) is 9.59. The van der Waals surface area contributed by atoms with Crippen molar-refractivity contribution in [1.82, 2.24) is 4.90 Å². The molecule has 0 bridgehead atoms. The van der Waals surface area contributed by atoms with Crippen LogP contribution < -0.4 is 4.74 Å². The number of carboxylic acid groups (broad SMARTS) is 1. The van der Waals surface area contributed by atoms with Crippen LogP contribution in [0.5, 0.6) is 11.5 Å². The number of rotatable bonds is 6. The summed E-state index contributed by atoms with van der Waals surface area (Å²) < 4.78 is 6.01. The average molecular weight is 373 g/mol. The minimum Gasteiger partial charge on any atom is -0.480 e. The monoisotopic (exact) mass is 373 g/mol. The molecule has 0 aromatic heterocycles. The first kappa shape index (κ1) is 18.3. The lowest BCUT2D eigenvalue weighted by atomic mass is 9.96. The van der Waals surface area contributed by atoms with Gasteiger partial charge >= 0.3 is 5.97 Å². The predicted molar refractivity (Wildman–Crippen MR) is 109 cm³/mol. The molecule has 1 N–H and O–H groups in total. The van der Waals surface area contributed by atoms with Crippen molar-refractivity contribution >= 4 is 5.97 Å². The Bertz CT molecular complexity index is 927. The number of aliphatic carboxylic acids is 1. The molecule has 0 saturated carbocycles. The van der Waals surface area contributed by atoms with E-state index in [-0.39, 0.29) is 6.04 Å². The van der Waals surface area contributed by atoms with Gasteiger partial charge in [0.05, 0.1) is 6.04 Å². The second kappa shape index (κ2) is 8.28. The highest BCUT2D eigenvalue weighted by Crippen LogP contribution is 2.36. The molecule has 142 valence electrons. The maximum atomic E-state index is 11.8. The molecule has 1 heterocycles. The van der Waals surface area contributed by atoms with E-state index >= 15 is 0 Å². The number of nitrogens with zero attached hydrogens (tertiary/aromatic N) is 1. The maximum absolute atomic E-state index is 11.8. The molecule has 4 heteroatoms. The van der Waals surface area contributed by atoms with Crippen LogP contribution in [-0.2, 0) is 4.79 Å². The number of likely N-dealkylation sites (tertiary alicyclic amines) is 1. The van der Waals surface area contributed by atoms with Crippen LogP contribution in [0.15, 0.2) is 84.9 Å². The molecule has 4 nitrogen and oxygen atoms in total. The molecule has 0 amide bonds. The molecule has 1 aliphatic heterocycles. The molecule has 4 rings (SSSR count). The van der Waals surface area contributed by atoms with Crippen molar-refractivity contribution in [2.24, 2.45) is 0 Å². The summed E-state index contributed by atoms with van der Waals surface area (Å²) in [5.74, 6) is 0.770. The highest BCUT2D eigenvalue weighted by atomic mass is 16.5. The quantitative estimate of drug-likeness (QED) is 0.652. The summed E-state index contributed by atoms with van der Waals surface area (Å²) in [6.07, 6.45) is 1.57. The Kier molecular flexibility index (Phi) is 5.40. The third-order valence-corrected chi connectivity index (χ3v) is 5.18. The molecule has 1 saturated heterocycles. The van der Waals surface area contributed by atoms with Crippen LogP contribution in [0.4, 0.5) is 0 Å². The standard InChI is InChI=1S/C24H23NO3/c26-24(27)22-15-8-16-25(22)23(18-9-3-1-4-10-18)19-11-7-14-21(17-19)28-20-12-5-2-6-13-20/h1-7,9-14,17,22-23H,8,15-16H2,(H,26,27). The molecule has 3 aromatic rings. The van der Waals surface area contributed by atoms with Gasteiger partial charge < -0.3 is 9.84 Å². The third-order valence-electron chi connectivity index (χ3n) is 5.18. The van der Waals surface area contributed by atoms with Gasteiger partial charge in [0.2, 0.25) is 0 Å². The van der Waals surface area contributed by atoms with E-state index in [1.54, 1.807) is 0 Å². The van der Waals surface area contributed by atoms with Gasteiger partial charge in [-0.2, -0.15) is 0 Å². The van der Waals surface area contributed by atoms with Crippen molar-refractivity contribution < 1.29 is 14.6 Å². The zero-order valence-corrected chi connectivity index (χ0v) is 15.6. The summed E-state index contributed by atoms with van der Waals surface area (Å²) in [5, 5.41) is 9.71. The van der Waals surface area contributed by atoms with Crippen LogP contribution in [0.25, 0.3) is 0 Å². The smallest absolute Gasteiger partial charge is 0.320 e. The summed E-state index contributed by atoms with van der Waals surface area (Å²) in [6, 6.07) is 27.1. The second-order valence-corrected chi connectivity index (χ2v) is 7.03. The number of hydrogen-bond donors (Lipinski definition) is 1. The lowest BCUT2D eigenvalue weighted by molar-refractivity contribution is -0.142. The van der Waals surface area contributed by atoms with E-state index in [1.165, 1.54) is 0 Å². The molecule has 0 radical (unpaired) electrons. The molecule has 3 aromatic carbocycles. The number of carbonyl (C=O) groups is 1. The Balaban J connectivity index is 1.71. The minimum atomic E-state index is -0.755. The van der Waals surface area contributed by atoms with Crippen molar-refractivity contribution in [3.63, 3.8) is 0 Å². The molecular weight excluding hydrogens is 350 g/mol. The fraction of sp³-hybridized carbons (Fsp3) is 0.208. The van der Waals surface area contributed by atoms with Gasteiger partial charge in [0.25, 0.3) is 0 Å². The third kappa shape index (κ3) is 3.92. The fourth-order valence-corrected chi connectivity index (χ4v) is 3.95. The Hall–Kier alpha value is -3.11. The Morgan fingerprint density at radius 2 is 1.54 bits per heavy atom.